The number of anilines is 1. The minimum atomic E-state index is -0.240. The van der Waals surface area contributed by atoms with Gasteiger partial charge in [0.15, 0.2) is 0 Å². The first kappa shape index (κ1) is 20.5. The maximum absolute atomic E-state index is 12.7. The van der Waals surface area contributed by atoms with Gasteiger partial charge in [0.25, 0.3) is 5.89 Å². The molecule has 0 bridgehead atoms. The summed E-state index contributed by atoms with van der Waals surface area (Å²) in [5.74, 6) is 1.61. The number of carbonyl (C=O) groups excluding carboxylic acids is 1. The van der Waals surface area contributed by atoms with Gasteiger partial charge in [-0.15, -0.1) is 0 Å². The Morgan fingerprint density at radius 1 is 1.13 bits per heavy atom. The van der Waals surface area contributed by atoms with Gasteiger partial charge in [-0.3, -0.25) is 4.79 Å². The highest BCUT2D eigenvalue weighted by Crippen LogP contribution is 2.29. The zero-order chi connectivity index (χ0) is 21.8. The molecule has 0 aliphatic heterocycles. The van der Waals surface area contributed by atoms with Gasteiger partial charge in [-0.25, -0.2) is 0 Å². The van der Waals surface area contributed by atoms with Crippen molar-refractivity contribution in [2.45, 2.75) is 6.54 Å². The average molecular weight is 439 g/mol. The van der Waals surface area contributed by atoms with Crippen molar-refractivity contribution in [2.75, 3.05) is 19.5 Å². The molecule has 1 N–H and O–H groups in total. The Bertz CT molecular complexity index is 1220. The van der Waals surface area contributed by atoms with Crippen molar-refractivity contribution in [3.8, 4) is 34.5 Å². The largest absolute Gasteiger partial charge is 0.497 e. The number of methoxy groups -OCH3 is 2. The molecule has 2 aromatic carbocycles. The zero-order valence-electron chi connectivity index (χ0n) is 16.8. The van der Waals surface area contributed by atoms with Crippen LogP contribution in [-0.4, -0.2) is 34.8 Å². The number of benzene rings is 2. The van der Waals surface area contributed by atoms with Crippen LogP contribution in [0.15, 0.2) is 65.3 Å². The smallest absolute Gasteiger partial charge is 0.274 e. The van der Waals surface area contributed by atoms with Crippen LogP contribution in [-0.2, 0) is 11.3 Å². The first-order chi connectivity index (χ1) is 15.1. The number of amides is 1. The van der Waals surface area contributed by atoms with Crippen molar-refractivity contribution in [2.24, 2.45) is 0 Å². The predicted molar refractivity (Wildman–Crippen MR) is 116 cm³/mol. The Hall–Kier alpha value is -3.78. The molecular formula is C22H19ClN4O4. The van der Waals surface area contributed by atoms with Crippen LogP contribution in [0.3, 0.4) is 0 Å². The summed E-state index contributed by atoms with van der Waals surface area (Å²) in [5, 5.41) is 7.45. The van der Waals surface area contributed by atoms with Gasteiger partial charge in [-0.05, 0) is 36.4 Å². The first-order valence-electron chi connectivity index (χ1n) is 9.34. The van der Waals surface area contributed by atoms with E-state index in [0.717, 1.165) is 5.56 Å². The second-order valence-electron chi connectivity index (χ2n) is 6.57. The minimum Gasteiger partial charge on any atom is -0.497 e. The molecule has 0 aliphatic carbocycles. The molecule has 31 heavy (non-hydrogen) atoms. The van der Waals surface area contributed by atoms with Crippen LogP contribution in [0.5, 0.6) is 11.5 Å². The van der Waals surface area contributed by atoms with Gasteiger partial charge < -0.3 is 23.9 Å². The average Bonchev–Trinajstić information content (AvgIpc) is 3.43. The monoisotopic (exact) mass is 438 g/mol. The molecule has 0 radical (unpaired) electrons. The molecule has 0 saturated carbocycles. The van der Waals surface area contributed by atoms with Crippen molar-refractivity contribution in [3.05, 3.63) is 65.8 Å². The van der Waals surface area contributed by atoms with Gasteiger partial charge in [0.1, 0.15) is 23.7 Å². The van der Waals surface area contributed by atoms with Crippen LogP contribution in [0, 0.1) is 0 Å². The van der Waals surface area contributed by atoms with Gasteiger partial charge in [0.05, 0.1) is 19.9 Å². The molecule has 9 heteroatoms. The summed E-state index contributed by atoms with van der Waals surface area (Å²) < 4.78 is 17.6. The third-order valence-electron chi connectivity index (χ3n) is 4.55. The van der Waals surface area contributed by atoms with Crippen LogP contribution in [0.2, 0.25) is 5.02 Å². The van der Waals surface area contributed by atoms with E-state index in [-0.39, 0.29) is 12.5 Å². The summed E-state index contributed by atoms with van der Waals surface area (Å²) in [6.45, 7) is 0.0480. The maximum atomic E-state index is 12.7. The topological polar surface area (TPSA) is 91.4 Å². The number of halogens is 1. The van der Waals surface area contributed by atoms with Crippen LogP contribution in [0.4, 0.5) is 5.69 Å². The standard InChI is InChI=1S/C22H19ClN4O4/c1-29-16-8-9-17(19(12-16)30-2)24-20(28)13-27-10-4-7-18(27)22-25-21(26-31-22)14-5-3-6-15(23)11-14/h3-12H,13H2,1-2H3,(H,24,28). The molecule has 0 fully saturated rings. The van der Waals surface area contributed by atoms with Crippen LogP contribution in [0.1, 0.15) is 0 Å². The van der Waals surface area contributed by atoms with Crippen LogP contribution < -0.4 is 14.8 Å². The summed E-state index contributed by atoms with van der Waals surface area (Å²) in [6, 6.07) is 16.0. The third kappa shape index (κ3) is 4.54. The van der Waals surface area contributed by atoms with Gasteiger partial charge >= 0.3 is 0 Å². The lowest BCUT2D eigenvalue weighted by atomic mass is 10.2. The predicted octanol–water partition coefficient (Wildman–Crippen LogP) is 4.51. The molecule has 0 atom stereocenters. The summed E-state index contributed by atoms with van der Waals surface area (Å²) in [6.07, 6.45) is 1.77. The van der Waals surface area contributed by atoms with Gasteiger partial charge in [0.2, 0.25) is 11.7 Å². The fourth-order valence-corrected chi connectivity index (χ4v) is 3.25. The fourth-order valence-electron chi connectivity index (χ4n) is 3.06. The van der Waals surface area contributed by atoms with E-state index in [2.05, 4.69) is 15.5 Å². The molecule has 0 spiro atoms. The Morgan fingerprint density at radius 2 is 2.00 bits per heavy atom. The lowest BCUT2D eigenvalue weighted by Gasteiger charge is -2.12. The molecule has 1 amide bonds. The van der Waals surface area contributed by atoms with E-state index in [1.807, 2.05) is 12.1 Å². The van der Waals surface area contributed by atoms with E-state index >= 15 is 0 Å². The van der Waals surface area contributed by atoms with E-state index in [1.165, 1.54) is 7.11 Å². The van der Waals surface area contributed by atoms with Crippen LogP contribution in [0.25, 0.3) is 23.0 Å². The Kier molecular flexibility index (Phi) is 5.90. The zero-order valence-corrected chi connectivity index (χ0v) is 17.6. The number of hydrogen-bond acceptors (Lipinski definition) is 6. The summed E-state index contributed by atoms with van der Waals surface area (Å²) >= 11 is 6.04. The Morgan fingerprint density at radius 3 is 2.77 bits per heavy atom. The molecule has 158 valence electrons. The molecule has 0 aliphatic rings. The number of nitrogens with zero attached hydrogens (tertiary/aromatic N) is 3. The van der Waals surface area contributed by atoms with Crippen molar-refractivity contribution in [1.29, 1.82) is 0 Å². The number of carbonyl (C=O) groups is 1. The Labute approximate surface area is 183 Å². The van der Waals surface area contributed by atoms with Gasteiger partial charge in [-0.1, -0.05) is 28.9 Å². The number of hydrogen-bond donors (Lipinski definition) is 1. The molecule has 2 aromatic heterocycles. The quantitative estimate of drug-likeness (QED) is 0.456. The SMILES string of the molecule is COc1ccc(NC(=O)Cn2cccc2-c2nc(-c3cccc(Cl)c3)no2)c(OC)c1. The van der Waals surface area contributed by atoms with E-state index in [1.54, 1.807) is 60.3 Å². The highest BCUT2D eigenvalue weighted by molar-refractivity contribution is 6.30. The number of ether oxygens (including phenoxy) is 2. The van der Waals surface area contributed by atoms with E-state index in [0.29, 0.717) is 39.6 Å². The van der Waals surface area contributed by atoms with E-state index in [9.17, 15) is 4.79 Å². The van der Waals surface area contributed by atoms with Crippen molar-refractivity contribution >= 4 is 23.2 Å². The Balaban J connectivity index is 1.51. The molecule has 0 unspecified atom stereocenters. The molecule has 0 saturated heterocycles. The third-order valence-corrected chi connectivity index (χ3v) is 4.79. The lowest BCUT2D eigenvalue weighted by Crippen LogP contribution is -2.19. The number of aromatic nitrogens is 3. The maximum Gasteiger partial charge on any atom is 0.274 e. The normalized spacial score (nSPS) is 10.7. The molecule has 2 heterocycles. The van der Waals surface area contributed by atoms with Crippen molar-refractivity contribution in [3.63, 3.8) is 0 Å². The van der Waals surface area contributed by atoms with Gasteiger partial charge in [0, 0.05) is 22.8 Å². The second kappa shape index (κ2) is 8.93. The molecular weight excluding hydrogens is 420 g/mol. The summed E-state index contributed by atoms with van der Waals surface area (Å²) in [4.78, 5) is 17.1. The van der Waals surface area contributed by atoms with Crippen molar-refractivity contribution < 1.29 is 18.8 Å². The minimum absolute atomic E-state index is 0.0480. The summed E-state index contributed by atoms with van der Waals surface area (Å²) in [7, 11) is 3.09. The van der Waals surface area contributed by atoms with Crippen LogP contribution >= 0.6 is 11.6 Å². The molecule has 4 rings (SSSR count). The van der Waals surface area contributed by atoms with Gasteiger partial charge in [-0.2, -0.15) is 4.98 Å². The number of rotatable bonds is 7. The summed E-state index contributed by atoms with van der Waals surface area (Å²) in [5.41, 5.74) is 1.91. The lowest BCUT2D eigenvalue weighted by molar-refractivity contribution is -0.116. The first-order valence-corrected chi connectivity index (χ1v) is 9.72. The number of nitrogens with one attached hydrogen (secondary N) is 1. The highest BCUT2D eigenvalue weighted by Gasteiger charge is 2.16. The van der Waals surface area contributed by atoms with Crippen molar-refractivity contribution in [1.82, 2.24) is 14.7 Å². The molecule has 4 aromatic rings. The highest BCUT2D eigenvalue weighted by atomic mass is 35.5. The molecule has 8 nitrogen and oxygen atoms in total. The fraction of sp³-hybridized carbons (Fsp3) is 0.136. The van der Waals surface area contributed by atoms with E-state index < -0.39 is 0 Å². The van der Waals surface area contributed by atoms with E-state index in [4.69, 9.17) is 25.6 Å². The second-order valence-corrected chi connectivity index (χ2v) is 7.01.